The number of ether oxygens (including phenoxy) is 2. The van der Waals surface area contributed by atoms with Gasteiger partial charge >= 0.3 is 12.2 Å². The molecule has 1 atom stereocenters. The summed E-state index contributed by atoms with van der Waals surface area (Å²) in [5.74, 6) is 1.28. The number of carbonyl (C=O) groups excluding carboxylic acids is 2. The lowest BCUT2D eigenvalue weighted by Crippen LogP contribution is -2.50. The van der Waals surface area contributed by atoms with Crippen molar-refractivity contribution >= 4 is 130 Å². The van der Waals surface area contributed by atoms with Crippen LogP contribution in [0.2, 0.25) is 0 Å². The standard InChI is InChI=1S/C28H33N7O3.2C23H25N7O.C15H23N3O2.C14H14N4O2S/c1-28(2,3)38-27(37)34-14-12-33(13-15-34)22-10-8-21(9-11-22)31-26-30-18-20-16-19(17-29)25(36)35(24(20)32-26)23-6-4-5-7-23;2*24-14-16-13-17-15-26-23(28-21(17)30(22(16)31)20-3-1-2-4-20)27-18-5-7-19(8-6-18)29-11-9-25-10-12-29;1-15(2,3)20-14(19)18-10-8-17(9-11-18)13-6-4-12(16)5-7-13;1-21(20)14-16-8-10-6-9(7-15)13(19)18(12(10)17-14)11-4-2-3-5-11/h8-11,16,18,23H,4-7,12-15H2,1-3H3,(H,30,31,32);2*5-8,13,15,20,25H,1-4,9-12H2,(H,26,27,28);4-7H,8-11,16H2,1-3H3;6,8,11H,2-5H2,1H3. The fourth-order valence-corrected chi connectivity index (χ4v) is 19.7. The summed E-state index contributed by atoms with van der Waals surface area (Å²) in [5.41, 5.74) is 14.3. The normalized spacial score (nSPS) is 16.8. The first-order valence-corrected chi connectivity index (χ1v) is 50.2. The number of nitrogens with one attached hydrogen (secondary N) is 5. The lowest BCUT2D eigenvalue weighted by Gasteiger charge is -2.36. The third kappa shape index (κ3) is 24.3. The van der Waals surface area contributed by atoms with Crippen LogP contribution in [0.15, 0.2) is 170 Å². The van der Waals surface area contributed by atoms with E-state index in [1.165, 1.54) is 29.9 Å². The average molecular weight is 1930 g/mol. The van der Waals surface area contributed by atoms with Crippen LogP contribution in [0.5, 0.6) is 0 Å². The van der Waals surface area contributed by atoms with Gasteiger partial charge in [-0.1, -0.05) is 51.4 Å². The van der Waals surface area contributed by atoms with Gasteiger partial charge in [0.2, 0.25) is 23.0 Å². The molecule has 4 aliphatic heterocycles. The van der Waals surface area contributed by atoms with Gasteiger partial charge in [0.15, 0.2) is 0 Å². The lowest BCUT2D eigenvalue weighted by molar-refractivity contribution is 0.0230. The maximum absolute atomic E-state index is 13.0. The predicted octanol–water partition coefficient (Wildman–Crippen LogP) is 14.3. The summed E-state index contributed by atoms with van der Waals surface area (Å²) in [5, 5.41) is 56.8. The van der Waals surface area contributed by atoms with E-state index in [1.54, 1.807) is 64.9 Å². The molecule has 0 spiro atoms. The number of fused-ring (bicyclic) bond motifs is 4. The molecule has 12 aromatic rings. The van der Waals surface area contributed by atoms with Gasteiger partial charge in [-0.05, 0) is 214 Å². The largest absolute Gasteiger partial charge is 0.444 e. The molecule has 0 bridgehead atoms. The number of anilines is 11. The molecule has 4 saturated heterocycles. The third-order valence-corrected chi connectivity index (χ3v) is 27.1. The molecule has 1 unspecified atom stereocenters. The topological polar surface area (TPSA) is 462 Å². The van der Waals surface area contributed by atoms with Gasteiger partial charge in [-0.25, -0.2) is 34.5 Å². The second-order valence-electron chi connectivity index (χ2n) is 38.4. The number of nitrogen functional groups attached to an aromatic ring is 1. The molecule has 8 fully saturated rings. The molecule has 2 amide bonds. The number of hydrogen-bond donors (Lipinski definition) is 6. The van der Waals surface area contributed by atoms with Crippen LogP contribution in [0.1, 0.15) is 191 Å². The minimum atomic E-state index is -1.31. The van der Waals surface area contributed by atoms with Gasteiger partial charge in [0, 0.05) is 227 Å². The minimum Gasteiger partial charge on any atom is -0.444 e. The first-order valence-electron chi connectivity index (χ1n) is 48.6. The monoisotopic (exact) mass is 1920 g/mol. The van der Waals surface area contributed by atoms with Crippen LogP contribution in [0.25, 0.3) is 44.1 Å². The van der Waals surface area contributed by atoms with E-state index < -0.39 is 22.0 Å². The first kappa shape index (κ1) is 99.0. The number of amides is 2. The van der Waals surface area contributed by atoms with Crippen molar-refractivity contribution in [3.8, 4) is 24.3 Å². The van der Waals surface area contributed by atoms with Gasteiger partial charge in [0.05, 0.1) is 10.8 Å². The Balaban J connectivity index is 0.000000129. The van der Waals surface area contributed by atoms with Crippen molar-refractivity contribution in [3.05, 3.63) is 210 Å². The van der Waals surface area contributed by atoms with E-state index in [2.05, 4.69) is 110 Å². The molecule has 37 nitrogen and oxygen atoms in total. The fraction of sp³-hybridized carbons (Fsp3) is 0.437. The summed E-state index contributed by atoms with van der Waals surface area (Å²) >= 11 is 0. The molecule has 0 radical (unpaired) electrons. The van der Waals surface area contributed by atoms with Crippen LogP contribution < -0.4 is 74.2 Å². The summed E-state index contributed by atoms with van der Waals surface area (Å²) in [7, 11) is -1.31. The molecule has 8 aliphatic rings. The Morgan fingerprint density at radius 3 is 0.879 bits per heavy atom. The molecule has 7 N–H and O–H groups in total. The Hall–Kier alpha value is -15.0. The zero-order valence-electron chi connectivity index (χ0n) is 80.8. The van der Waals surface area contributed by atoms with Crippen LogP contribution in [0.3, 0.4) is 0 Å². The quantitative estimate of drug-likeness (QED) is 0.0410. The zero-order valence-corrected chi connectivity index (χ0v) is 81.6. The average Bonchev–Trinajstić information content (AvgIpc) is 1.70. The minimum absolute atomic E-state index is 0.0520. The van der Waals surface area contributed by atoms with Crippen LogP contribution in [0.4, 0.5) is 72.9 Å². The second-order valence-corrected chi connectivity index (χ2v) is 39.7. The summed E-state index contributed by atoms with van der Waals surface area (Å²) in [6.45, 7) is 24.9. The van der Waals surface area contributed by atoms with E-state index in [0.29, 0.717) is 88.2 Å². The number of nitrogens with two attached hydrogens (primary N) is 1. The SMILES string of the molecule is CC(C)(C)OC(=O)N1CCN(c2ccc(N)cc2)CC1.CC(C)(C)OC(=O)N1CCN(c2ccc(Nc3ncc4cc(C#N)c(=O)n(C5CCCC5)c4n3)cc2)CC1.CS(=O)c1ncc2cc(C#N)c(=O)n(C3CCCC3)c2n1.N#Cc1cc2cnc(Nc3ccc(N4CCNCC4)cc3)nc2n(C2CCCC2)c1=O.N#Cc1cc2cnc(Nc3ccc(N4CCNCC4)cc3)nc2n(C2CCCC2)c1=O. The predicted molar refractivity (Wildman–Crippen MR) is 547 cm³/mol. The number of aromatic nitrogens is 12. The van der Waals surface area contributed by atoms with E-state index in [4.69, 9.17) is 20.5 Å². The van der Waals surface area contributed by atoms with Gasteiger partial charge in [-0.15, -0.1) is 0 Å². The molecule has 20 rings (SSSR count). The number of carbonyl (C=O) groups is 2. The molecule has 8 aromatic heterocycles. The highest BCUT2D eigenvalue weighted by Crippen LogP contribution is 2.37. The molecule has 732 valence electrons. The van der Waals surface area contributed by atoms with Gasteiger partial charge in [-0.2, -0.15) is 36.0 Å². The van der Waals surface area contributed by atoms with Crippen molar-refractivity contribution in [2.24, 2.45) is 0 Å². The maximum atomic E-state index is 13.0. The smallest absolute Gasteiger partial charge is 0.410 e. The highest BCUT2D eigenvalue weighted by Gasteiger charge is 2.32. The van der Waals surface area contributed by atoms with E-state index in [1.807, 2.05) is 139 Å². The summed E-state index contributed by atoms with van der Waals surface area (Å²) in [4.78, 5) is 124. The Labute approximate surface area is 819 Å². The Kier molecular flexibility index (Phi) is 31.5. The number of hydrogen-bond acceptors (Lipinski definition) is 31. The van der Waals surface area contributed by atoms with Crippen molar-refractivity contribution in [3.63, 3.8) is 0 Å². The van der Waals surface area contributed by atoms with Crippen molar-refractivity contribution in [2.45, 2.75) is 185 Å². The van der Waals surface area contributed by atoms with E-state index in [9.17, 15) is 48.8 Å². The number of nitrogens with zero attached hydrogens (tertiary/aromatic N) is 22. The Morgan fingerprint density at radius 2 is 0.624 bits per heavy atom. The summed E-state index contributed by atoms with van der Waals surface area (Å²) in [6, 6.07) is 46.8. The third-order valence-electron chi connectivity index (χ3n) is 26.4. The maximum Gasteiger partial charge on any atom is 0.410 e. The van der Waals surface area contributed by atoms with Gasteiger partial charge in [-0.3, -0.25) is 41.7 Å². The van der Waals surface area contributed by atoms with Gasteiger partial charge in [0.25, 0.3) is 22.2 Å². The van der Waals surface area contributed by atoms with E-state index >= 15 is 0 Å². The molecule has 12 heterocycles. The van der Waals surface area contributed by atoms with Crippen LogP contribution >= 0.6 is 0 Å². The van der Waals surface area contributed by atoms with E-state index in [0.717, 1.165) is 215 Å². The molecule has 4 aliphatic carbocycles. The highest BCUT2D eigenvalue weighted by molar-refractivity contribution is 7.84. The molecular formula is C103H120N28O9S. The summed E-state index contributed by atoms with van der Waals surface area (Å²) < 4.78 is 29.2. The lowest BCUT2D eigenvalue weighted by atomic mass is 10.2. The zero-order chi connectivity index (χ0) is 99.0. The first-order chi connectivity index (χ1) is 68.1. The Bertz CT molecular complexity index is 6780. The van der Waals surface area contributed by atoms with Crippen molar-refractivity contribution in [1.82, 2.24) is 78.6 Å². The van der Waals surface area contributed by atoms with Gasteiger partial charge < -0.3 is 71.2 Å². The van der Waals surface area contributed by atoms with Gasteiger partial charge in [0.1, 0.15) is 80.3 Å². The number of benzene rings is 4. The van der Waals surface area contributed by atoms with Crippen molar-refractivity contribution in [2.75, 3.05) is 152 Å². The number of piperazine rings is 4. The van der Waals surface area contributed by atoms with Crippen LogP contribution in [0, 0.1) is 45.3 Å². The Morgan fingerprint density at radius 1 is 0.376 bits per heavy atom. The molecule has 38 heteroatoms. The van der Waals surface area contributed by atoms with Crippen molar-refractivity contribution in [1.29, 1.82) is 21.0 Å². The number of rotatable bonds is 15. The highest BCUT2D eigenvalue weighted by atomic mass is 32.2. The number of nitriles is 4. The molecule has 4 aromatic carbocycles. The molecule has 141 heavy (non-hydrogen) atoms. The summed E-state index contributed by atoms with van der Waals surface area (Å²) in [6.07, 6.45) is 23.5. The van der Waals surface area contributed by atoms with E-state index in [-0.39, 0.29) is 86.0 Å². The molecule has 4 saturated carbocycles. The fourth-order valence-electron chi connectivity index (χ4n) is 19.2. The van der Waals surface area contributed by atoms with Crippen LogP contribution in [-0.4, -0.2) is 207 Å². The second kappa shape index (κ2) is 44.9. The number of pyridine rings is 4. The molecular weight excluding hydrogens is 1810 g/mol. The van der Waals surface area contributed by atoms with Crippen molar-refractivity contribution < 1.29 is 23.3 Å². The van der Waals surface area contributed by atoms with Crippen LogP contribution in [-0.2, 0) is 20.3 Å².